The van der Waals surface area contributed by atoms with Gasteiger partial charge in [-0.3, -0.25) is 0 Å². The van der Waals surface area contributed by atoms with E-state index in [1.165, 1.54) is 23.5 Å². The summed E-state index contributed by atoms with van der Waals surface area (Å²) in [4.78, 5) is 21.2. The Hall–Kier alpha value is -1.69. The Bertz CT molecular complexity index is 860. The molecule has 0 amide bonds. The van der Waals surface area contributed by atoms with Gasteiger partial charge in [-0.05, 0) is 19.1 Å². The zero-order valence-corrected chi connectivity index (χ0v) is 13.1. The highest BCUT2D eigenvalue weighted by Gasteiger charge is 2.15. The number of carbonyl (C=O) groups is 1. The lowest BCUT2D eigenvalue weighted by atomic mass is 10.1. The number of carboxylic acid groups (broad SMARTS) is 1. The zero-order chi connectivity index (χ0) is 15.1. The van der Waals surface area contributed by atoms with Crippen LogP contribution in [0.25, 0.3) is 21.6 Å². The summed E-state index contributed by atoms with van der Waals surface area (Å²) in [6, 6.07) is 6.32. The van der Waals surface area contributed by atoms with Crippen molar-refractivity contribution in [2.24, 2.45) is 0 Å². The minimum absolute atomic E-state index is 0.209. The van der Waals surface area contributed by atoms with Gasteiger partial charge in [-0.25, -0.2) is 14.8 Å². The average Bonchev–Trinajstić information content (AvgIpc) is 2.74. The first-order valence-corrected chi connectivity index (χ1v) is 7.50. The molecule has 0 aliphatic heterocycles. The van der Waals surface area contributed by atoms with E-state index in [2.05, 4.69) is 9.97 Å². The molecule has 2 aromatic heterocycles. The molecule has 0 aliphatic carbocycles. The fourth-order valence-corrected chi connectivity index (χ4v) is 3.56. The number of carboxylic acids is 1. The number of benzene rings is 1. The van der Waals surface area contributed by atoms with Gasteiger partial charge < -0.3 is 5.11 Å². The molecule has 106 valence electrons. The molecule has 3 rings (SSSR count). The first-order valence-electron chi connectivity index (χ1n) is 5.93. The highest BCUT2D eigenvalue weighted by atomic mass is 35.5. The summed E-state index contributed by atoms with van der Waals surface area (Å²) in [5.74, 6) is -0.529. The van der Waals surface area contributed by atoms with E-state index in [0.29, 0.717) is 26.9 Å². The van der Waals surface area contributed by atoms with Gasteiger partial charge in [-0.15, -0.1) is 11.3 Å². The minimum Gasteiger partial charge on any atom is -0.478 e. The lowest BCUT2D eigenvalue weighted by Gasteiger charge is -2.02. The number of fused-ring (bicyclic) bond motifs is 1. The van der Waals surface area contributed by atoms with Crippen molar-refractivity contribution in [3.63, 3.8) is 0 Å². The van der Waals surface area contributed by atoms with Crippen LogP contribution in [0.15, 0.2) is 24.3 Å². The van der Waals surface area contributed by atoms with Crippen molar-refractivity contribution in [2.75, 3.05) is 0 Å². The van der Waals surface area contributed by atoms with E-state index in [9.17, 15) is 4.79 Å². The van der Waals surface area contributed by atoms with Gasteiger partial charge in [-0.1, -0.05) is 35.3 Å². The van der Waals surface area contributed by atoms with Gasteiger partial charge in [0.2, 0.25) is 0 Å². The van der Waals surface area contributed by atoms with Crippen molar-refractivity contribution < 1.29 is 9.90 Å². The predicted octanol–water partition coefficient (Wildman–Crippen LogP) is 4.67. The molecule has 0 saturated heterocycles. The molecule has 0 unspecified atom stereocenters. The fourth-order valence-electron chi connectivity index (χ4n) is 1.93. The number of rotatable bonds is 2. The number of aryl methyl sites for hydroxylation is 1. The second kappa shape index (κ2) is 5.26. The fraction of sp³-hybridized carbons (Fsp3) is 0.0714. The first kappa shape index (κ1) is 14.3. The van der Waals surface area contributed by atoms with Crippen molar-refractivity contribution in [1.29, 1.82) is 0 Å². The normalized spacial score (nSPS) is 11.0. The molecular formula is C14H8Cl2N2O2S. The lowest BCUT2D eigenvalue weighted by molar-refractivity contribution is 0.0697. The number of nitrogens with zero attached hydrogens (tertiary/aromatic N) is 2. The minimum atomic E-state index is -0.975. The summed E-state index contributed by atoms with van der Waals surface area (Å²) in [5.41, 5.74) is 0.909. The van der Waals surface area contributed by atoms with Crippen molar-refractivity contribution in [3.8, 4) is 11.4 Å². The summed E-state index contributed by atoms with van der Waals surface area (Å²) in [6.45, 7) is 1.90. The highest BCUT2D eigenvalue weighted by molar-refractivity contribution is 7.19. The molecule has 0 fully saturated rings. The first-order chi connectivity index (χ1) is 9.97. The molecule has 0 bridgehead atoms. The van der Waals surface area contributed by atoms with E-state index in [1.54, 1.807) is 12.1 Å². The number of hydrogen-bond donors (Lipinski definition) is 1. The third kappa shape index (κ3) is 2.48. The van der Waals surface area contributed by atoms with Crippen LogP contribution in [-0.2, 0) is 0 Å². The largest absolute Gasteiger partial charge is 0.478 e. The van der Waals surface area contributed by atoms with Crippen LogP contribution in [0.5, 0.6) is 0 Å². The van der Waals surface area contributed by atoms with Crippen molar-refractivity contribution >= 4 is 50.7 Å². The molecule has 1 aromatic carbocycles. The van der Waals surface area contributed by atoms with Gasteiger partial charge in [0.1, 0.15) is 9.98 Å². The van der Waals surface area contributed by atoms with Gasteiger partial charge in [0.05, 0.1) is 16.0 Å². The lowest BCUT2D eigenvalue weighted by Crippen LogP contribution is -1.96. The van der Waals surface area contributed by atoms with Crippen LogP contribution in [0, 0.1) is 6.92 Å². The van der Waals surface area contributed by atoms with Crippen LogP contribution < -0.4 is 0 Å². The maximum absolute atomic E-state index is 10.9. The van der Waals surface area contributed by atoms with Crippen LogP contribution in [-0.4, -0.2) is 21.0 Å². The molecule has 0 spiro atoms. The molecule has 2 heterocycles. The summed E-state index contributed by atoms with van der Waals surface area (Å²) < 4.78 is 0. The van der Waals surface area contributed by atoms with Crippen molar-refractivity contribution in [2.45, 2.75) is 6.92 Å². The summed E-state index contributed by atoms with van der Waals surface area (Å²) in [7, 11) is 0. The number of aromatic nitrogens is 2. The Balaban J connectivity index is 2.14. The standard InChI is InChI=1S/C14H8Cl2N2O2S/c1-6-10(15)9-11(16)17-12(18-13(9)21-6)7-2-4-8(5-3-7)14(19)20/h2-5H,1H3,(H,19,20). The molecule has 3 aromatic rings. The average molecular weight is 339 g/mol. The van der Waals surface area contributed by atoms with E-state index in [4.69, 9.17) is 28.3 Å². The van der Waals surface area contributed by atoms with Crippen LogP contribution in [0.2, 0.25) is 10.2 Å². The molecule has 7 heteroatoms. The molecule has 1 N–H and O–H groups in total. The van der Waals surface area contributed by atoms with E-state index in [-0.39, 0.29) is 5.56 Å². The smallest absolute Gasteiger partial charge is 0.335 e. The molecule has 0 atom stereocenters. The topological polar surface area (TPSA) is 63.1 Å². The highest BCUT2D eigenvalue weighted by Crippen LogP contribution is 2.38. The van der Waals surface area contributed by atoms with E-state index < -0.39 is 5.97 Å². The van der Waals surface area contributed by atoms with E-state index >= 15 is 0 Å². The van der Waals surface area contributed by atoms with E-state index in [1.807, 2.05) is 6.92 Å². The quantitative estimate of drug-likeness (QED) is 0.689. The summed E-state index contributed by atoms with van der Waals surface area (Å²) >= 11 is 13.8. The zero-order valence-electron chi connectivity index (χ0n) is 10.7. The van der Waals surface area contributed by atoms with Crippen LogP contribution in [0.4, 0.5) is 0 Å². The third-order valence-corrected chi connectivity index (χ3v) is 4.86. The molecular weight excluding hydrogens is 331 g/mol. The number of thiophene rings is 1. The van der Waals surface area contributed by atoms with Crippen molar-refractivity contribution in [3.05, 3.63) is 44.9 Å². The van der Waals surface area contributed by atoms with Gasteiger partial charge in [0.15, 0.2) is 5.82 Å². The van der Waals surface area contributed by atoms with Gasteiger partial charge in [0, 0.05) is 10.4 Å². The third-order valence-electron chi connectivity index (χ3n) is 3.00. The summed E-state index contributed by atoms with van der Waals surface area (Å²) in [6.07, 6.45) is 0. The van der Waals surface area contributed by atoms with Gasteiger partial charge in [0.25, 0.3) is 0 Å². The van der Waals surface area contributed by atoms with Gasteiger partial charge in [-0.2, -0.15) is 0 Å². The Kier molecular flexibility index (Phi) is 3.57. The molecule has 0 radical (unpaired) electrons. The van der Waals surface area contributed by atoms with Crippen molar-refractivity contribution in [1.82, 2.24) is 9.97 Å². The second-order valence-corrected chi connectivity index (χ2v) is 6.31. The summed E-state index contributed by atoms with van der Waals surface area (Å²) in [5, 5.41) is 10.4. The van der Waals surface area contributed by atoms with Crippen LogP contribution in [0.1, 0.15) is 15.2 Å². The van der Waals surface area contributed by atoms with Crippen LogP contribution >= 0.6 is 34.5 Å². The second-order valence-electron chi connectivity index (χ2n) is 4.37. The SMILES string of the molecule is Cc1sc2nc(-c3ccc(C(=O)O)cc3)nc(Cl)c2c1Cl. The molecule has 0 saturated carbocycles. The monoisotopic (exact) mass is 338 g/mol. The molecule has 21 heavy (non-hydrogen) atoms. The molecule has 0 aliphatic rings. The number of halogens is 2. The number of hydrogen-bond acceptors (Lipinski definition) is 4. The van der Waals surface area contributed by atoms with Gasteiger partial charge >= 0.3 is 5.97 Å². The Morgan fingerprint density at radius 1 is 1.19 bits per heavy atom. The Morgan fingerprint density at radius 2 is 1.86 bits per heavy atom. The number of aromatic carboxylic acids is 1. The molecule has 4 nitrogen and oxygen atoms in total. The van der Waals surface area contributed by atoms with E-state index in [0.717, 1.165) is 9.71 Å². The predicted molar refractivity (Wildman–Crippen MR) is 84.6 cm³/mol. The maximum atomic E-state index is 10.9. The maximum Gasteiger partial charge on any atom is 0.335 e. The van der Waals surface area contributed by atoms with Crippen LogP contribution in [0.3, 0.4) is 0 Å². The Morgan fingerprint density at radius 3 is 2.48 bits per heavy atom. The Labute approximate surface area is 134 Å².